The van der Waals surface area contributed by atoms with Gasteiger partial charge in [-0.1, -0.05) is 30.9 Å². The zero-order chi connectivity index (χ0) is 12.1. The smallest absolute Gasteiger partial charge is 0.169 e. The number of nitrogens with zero attached hydrogens (tertiary/aromatic N) is 1. The molecule has 0 saturated heterocycles. The third kappa shape index (κ3) is 3.19. The summed E-state index contributed by atoms with van der Waals surface area (Å²) in [6, 6.07) is 12.5. The zero-order valence-corrected chi connectivity index (χ0v) is 10.3. The first-order chi connectivity index (χ1) is 8.28. The summed E-state index contributed by atoms with van der Waals surface area (Å²) in [5.41, 5.74) is 3.46. The average molecular weight is 222 g/mol. The van der Waals surface area contributed by atoms with Gasteiger partial charge in [-0.2, -0.15) is 0 Å². The van der Waals surface area contributed by atoms with Crippen molar-refractivity contribution >= 4 is 0 Å². The molecule has 0 saturated carbocycles. The lowest BCUT2D eigenvalue weighted by Crippen LogP contribution is -2.25. The quantitative estimate of drug-likeness (QED) is 0.515. The van der Waals surface area contributed by atoms with Crippen molar-refractivity contribution in [3.8, 4) is 11.8 Å². The summed E-state index contributed by atoms with van der Waals surface area (Å²) in [5.74, 6) is 6.33. The van der Waals surface area contributed by atoms with E-state index in [9.17, 15) is 0 Å². The summed E-state index contributed by atoms with van der Waals surface area (Å²) < 4.78 is 2.00. The Morgan fingerprint density at radius 2 is 1.41 bits per heavy atom. The van der Waals surface area contributed by atoms with E-state index in [4.69, 9.17) is 0 Å². The van der Waals surface area contributed by atoms with Crippen molar-refractivity contribution in [1.82, 2.24) is 0 Å². The Hall–Kier alpha value is -2.07. The van der Waals surface area contributed by atoms with E-state index in [1.807, 2.05) is 36.1 Å². The lowest BCUT2D eigenvalue weighted by molar-refractivity contribution is -0.671. The minimum atomic E-state index is 1.04. The van der Waals surface area contributed by atoms with Crippen molar-refractivity contribution < 1.29 is 4.57 Å². The second-order valence-electron chi connectivity index (χ2n) is 4.05. The molecule has 1 aromatic heterocycles. The van der Waals surface area contributed by atoms with E-state index in [0.717, 1.165) is 17.5 Å². The van der Waals surface area contributed by atoms with Gasteiger partial charge in [0.1, 0.15) is 7.05 Å². The van der Waals surface area contributed by atoms with Gasteiger partial charge in [0.05, 0.1) is 0 Å². The predicted octanol–water partition coefficient (Wildman–Crippen LogP) is 2.47. The van der Waals surface area contributed by atoms with E-state index in [1.165, 1.54) is 5.56 Å². The number of benzene rings is 1. The predicted molar refractivity (Wildman–Crippen MR) is 69.4 cm³/mol. The molecule has 0 unspecified atom stereocenters. The van der Waals surface area contributed by atoms with E-state index in [1.54, 1.807) is 0 Å². The zero-order valence-electron chi connectivity index (χ0n) is 10.3. The second-order valence-corrected chi connectivity index (χ2v) is 4.05. The Morgan fingerprint density at radius 3 is 1.94 bits per heavy atom. The van der Waals surface area contributed by atoms with Crippen molar-refractivity contribution in [2.45, 2.75) is 13.3 Å². The van der Waals surface area contributed by atoms with Crippen LogP contribution in [0.3, 0.4) is 0 Å². The summed E-state index contributed by atoms with van der Waals surface area (Å²) in [7, 11) is 2.00. The molecule has 1 nitrogen and oxygen atoms in total. The van der Waals surface area contributed by atoms with Crippen LogP contribution in [0, 0.1) is 11.8 Å². The fourth-order valence-electron chi connectivity index (χ4n) is 1.55. The summed E-state index contributed by atoms with van der Waals surface area (Å²) in [6.07, 6.45) is 5.08. The maximum absolute atomic E-state index is 3.17. The van der Waals surface area contributed by atoms with E-state index in [2.05, 4.69) is 43.0 Å². The maximum atomic E-state index is 3.17. The van der Waals surface area contributed by atoms with Crippen LogP contribution in [0.15, 0.2) is 48.8 Å². The van der Waals surface area contributed by atoms with Crippen LogP contribution in [0.4, 0.5) is 0 Å². The SMILES string of the molecule is CCc1ccc(C#Cc2cc[n+](C)cc2)cc1. The fourth-order valence-corrected chi connectivity index (χ4v) is 1.55. The van der Waals surface area contributed by atoms with E-state index in [-0.39, 0.29) is 0 Å². The second kappa shape index (κ2) is 5.32. The van der Waals surface area contributed by atoms with Crippen LogP contribution in [0.5, 0.6) is 0 Å². The molecule has 0 N–H and O–H groups in total. The van der Waals surface area contributed by atoms with Crippen LogP contribution in [-0.4, -0.2) is 0 Å². The number of hydrogen-bond acceptors (Lipinski definition) is 0. The molecular weight excluding hydrogens is 206 g/mol. The van der Waals surface area contributed by atoms with Crippen LogP contribution in [0.1, 0.15) is 23.6 Å². The Morgan fingerprint density at radius 1 is 0.882 bits per heavy atom. The topological polar surface area (TPSA) is 3.88 Å². The molecule has 1 heterocycles. The number of pyridine rings is 1. The Kier molecular flexibility index (Phi) is 3.57. The Balaban J connectivity index is 2.17. The molecule has 1 aromatic carbocycles. The van der Waals surface area contributed by atoms with Gasteiger partial charge in [-0.15, -0.1) is 0 Å². The fraction of sp³-hybridized carbons (Fsp3) is 0.188. The van der Waals surface area contributed by atoms with Gasteiger partial charge >= 0.3 is 0 Å². The first-order valence-corrected chi connectivity index (χ1v) is 5.84. The van der Waals surface area contributed by atoms with E-state index >= 15 is 0 Å². The highest BCUT2D eigenvalue weighted by Gasteiger charge is 1.92. The van der Waals surface area contributed by atoms with E-state index in [0.29, 0.717) is 0 Å². The lowest BCUT2D eigenvalue weighted by atomic mass is 10.1. The maximum Gasteiger partial charge on any atom is 0.169 e. The van der Waals surface area contributed by atoms with Gasteiger partial charge in [0, 0.05) is 23.3 Å². The molecule has 0 aliphatic carbocycles. The minimum Gasteiger partial charge on any atom is -0.208 e. The third-order valence-corrected chi connectivity index (χ3v) is 2.69. The van der Waals surface area contributed by atoms with Crippen molar-refractivity contribution in [2.24, 2.45) is 7.05 Å². The molecule has 84 valence electrons. The molecule has 1 heteroatoms. The molecule has 2 rings (SSSR count). The van der Waals surface area contributed by atoms with Crippen LogP contribution >= 0.6 is 0 Å². The molecule has 0 aliphatic heterocycles. The van der Waals surface area contributed by atoms with Gasteiger partial charge in [0.15, 0.2) is 12.4 Å². The molecule has 0 radical (unpaired) electrons. The lowest BCUT2D eigenvalue weighted by Gasteiger charge is -1.95. The highest BCUT2D eigenvalue weighted by atomic mass is 14.9. The Bertz CT molecular complexity index is 539. The third-order valence-electron chi connectivity index (χ3n) is 2.69. The first kappa shape index (κ1) is 11.4. The molecule has 2 aromatic rings. The summed E-state index contributed by atoms with van der Waals surface area (Å²) >= 11 is 0. The minimum absolute atomic E-state index is 1.04. The number of aryl methyl sites for hydroxylation is 2. The van der Waals surface area contributed by atoms with Gasteiger partial charge in [-0.25, -0.2) is 4.57 Å². The highest BCUT2D eigenvalue weighted by molar-refractivity contribution is 5.42. The molecule has 0 aliphatic rings. The number of hydrogen-bond donors (Lipinski definition) is 0. The van der Waals surface area contributed by atoms with Gasteiger partial charge in [0.2, 0.25) is 0 Å². The first-order valence-electron chi connectivity index (χ1n) is 5.84. The van der Waals surface area contributed by atoms with Crippen molar-refractivity contribution in [3.63, 3.8) is 0 Å². The molecular formula is C16H16N+. The number of rotatable bonds is 1. The summed E-state index contributed by atoms with van der Waals surface area (Å²) in [5, 5.41) is 0. The molecule has 0 amide bonds. The molecule has 0 spiro atoms. The molecule has 17 heavy (non-hydrogen) atoms. The van der Waals surface area contributed by atoms with Crippen molar-refractivity contribution in [2.75, 3.05) is 0 Å². The average Bonchev–Trinajstić information content (AvgIpc) is 2.39. The van der Waals surface area contributed by atoms with Crippen LogP contribution in [0.2, 0.25) is 0 Å². The monoisotopic (exact) mass is 222 g/mol. The highest BCUT2D eigenvalue weighted by Crippen LogP contribution is 2.04. The van der Waals surface area contributed by atoms with Crippen LogP contribution < -0.4 is 4.57 Å². The van der Waals surface area contributed by atoms with Crippen molar-refractivity contribution in [1.29, 1.82) is 0 Å². The molecule has 0 bridgehead atoms. The molecule has 0 fully saturated rings. The summed E-state index contributed by atoms with van der Waals surface area (Å²) in [6.45, 7) is 2.16. The van der Waals surface area contributed by atoms with Gasteiger partial charge in [0.25, 0.3) is 0 Å². The van der Waals surface area contributed by atoms with Crippen LogP contribution in [-0.2, 0) is 13.5 Å². The van der Waals surface area contributed by atoms with Crippen molar-refractivity contribution in [3.05, 3.63) is 65.5 Å². The molecule has 0 atom stereocenters. The van der Waals surface area contributed by atoms with Crippen LogP contribution in [0.25, 0.3) is 0 Å². The van der Waals surface area contributed by atoms with E-state index < -0.39 is 0 Å². The number of aromatic nitrogens is 1. The van der Waals surface area contributed by atoms with Gasteiger partial charge in [-0.05, 0) is 24.1 Å². The largest absolute Gasteiger partial charge is 0.208 e. The summed E-state index contributed by atoms with van der Waals surface area (Å²) in [4.78, 5) is 0. The normalized spacial score (nSPS) is 9.53. The van der Waals surface area contributed by atoms with Gasteiger partial charge < -0.3 is 0 Å². The standard InChI is InChI=1S/C16H16N/c1-3-14-4-6-15(7-5-14)8-9-16-10-12-17(2)13-11-16/h4-7,10-13H,3H2,1-2H3/q+1. The Labute approximate surface area is 103 Å². The van der Waals surface area contributed by atoms with Gasteiger partial charge in [-0.3, -0.25) is 0 Å².